The minimum atomic E-state index is -1.05. The number of carbonyl (C=O) groups excluding carboxylic acids is 1. The van der Waals surface area contributed by atoms with Crippen molar-refractivity contribution in [1.82, 2.24) is 4.98 Å². The summed E-state index contributed by atoms with van der Waals surface area (Å²) in [5.41, 5.74) is -0.336. The largest absolute Gasteiger partial charge is 0.476 e. The summed E-state index contributed by atoms with van der Waals surface area (Å²) < 4.78 is 10.7. The molecule has 0 radical (unpaired) electrons. The van der Waals surface area contributed by atoms with E-state index >= 15 is 0 Å². The summed E-state index contributed by atoms with van der Waals surface area (Å²) in [7, 11) is 0. The lowest BCUT2D eigenvalue weighted by molar-refractivity contribution is -0.158. The van der Waals surface area contributed by atoms with Crippen molar-refractivity contribution in [3.05, 3.63) is 35.5 Å². The fourth-order valence-electron chi connectivity index (χ4n) is 1.80. The quantitative estimate of drug-likeness (QED) is 0.808. The third kappa shape index (κ3) is 3.02. The molecule has 1 aromatic carbocycles. The minimum absolute atomic E-state index is 0.320. The molecule has 0 N–H and O–H groups in total. The van der Waals surface area contributed by atoms with E-state index in [1.807, 2.05) is 6.07 Å². The van der Waals surface area contributed by atoms with Gasteiger partial charge in [0.2, 0.25) is 0 Å². The van der Waals surface area contributed by atoms with Gasteiger partial charge in [0.1, 0.15) is 5.75 Å². The van der Waals surface area contributed by atoms with Gasteiger partial charge in [-0.3, -0.25) is 4.98 Å². The zero-order valence-electron chi connectivity index (χ0n) is 11.6. The van der Waals surface area contributed by atoms with E-state index in [2.05, 4.69) is 4.98 Å². The van der Waals surface area contributed by atoms with Crippen LogP contribution in [-0.2, 0) is 9.53 Å². The van der Waals surface area contributed by atoms with Crippen molar-refractivity contribution in [3.8, 4) is 5.75 Å². The average Bonchev–Trinajstić information content (AvgIpc) is 2.38. The topological polar surface area (TPSA) is 48.4 Å². The van der Waals surface area contributed by atoms with Crippen LogP contribution in [0.25, 0.3) is 10.9 Å². The maximum atomic E-state index is 11.8. The van der Waals surface area contributed by atoms with Crippen molar-refractivity contribution in [2.24, 2.45) is 0 Å². The lowest BCUT2D eigenvalue weighted by Crippen LogP contribution is -2.39. The molecule has 2 aromatic rings. The molecule has 106 valence electrons. The van der Waals surface area contributed by atoms with Crippen LogP contribution in [0.4, 0.5) is 0 Å². The Morgan fingerprint density at radius 1 is 1.35 bits per heavy atom. The van der Waals surface area contributed by atoms with Crippen LogP contribution in [-0.4, -0.2) is 23.2 Å². The van der Waals surface area contributed by atoms with Crippen LogP contribution in [0.3, 0.4) is 0 Å². The number of aromatic nitrogens is 1. The highest BCUT2D eigenvalue weighted by atomic mass is 35.5. The monoisotopic (exact) mass is 293 g/mol. The number of rotatable bonds is 4. The van der Waals surface area contributed by atoms with E-state index in [-0.39, 0.29) is 0 Å². The van der Waals surface area contributed by atoms with E-state index in [4.69, 9.17) is 21.1 Å². The predicted molar refractivity (Wildman–Crippen MR) is 78.1 cm³/mol. The summed E-state index contributed by atoms with van der Waals surface area (Å²) in [5, 5.41) is 1.47. The lowest BCUT2D eigenvalue weighted by atomic mass is 10.1. The third-order valence-corrected chi connectivity index (χ3v) is 3.13. The van der Waals surface area contributed by atoms with Crippen molar-refractivity contribution in [2.45, 2.75) is 26.4 Å². The second-order valence-corrected chi connectivity index (χ2v) is 5.21. The molecule has 0 bridgehead atoms. The van der Waals surface area contributed by atoms with E-state index < -0.39 is 11.6 Å². The molecule has 4 nitrogen and oxygen atoms in total. The van der Waals surface area contributed by atoms with E-state index in [9.17, 15) is 4.79 Å². The first-order chi connectivity index (χ1) is 9.44. The van der Waals surface area contributed by atoms with E-state index in [1.54, 1.807) is 45.2 Å². The zero-order valence-corrected chi connectivity index (χ0v) is 12.4. The van der Waals surface area contributed by atoms with E-state index in [0.717, 1.165) is 10.9 Å². The number of benzene rings is 1. The van der Waals surface area contributed by atoms with Gasteiger partial charge < -0.3 is 9.47 Å². The van der Waals surface area contributed by atoms with Gasteiger partial charge in [-0.2, -0.15) is 0 Å². The molecule has 0 atom stereocenters. The Labute approximate surface area is 122 Å². The molecule has 1 heterocycles. The van der Waals surface area contributed by atoms with Gasteiger partial charge >= 0.3 is 5.97 Å². The molecule has 0 fully saturated rings. The van der Waals surface area contributed by atoms with Gasteiger partial charge in [-0.15, -0.1) is 0 Å². The summed E-state index contributed by atoms with van der Waals surface area (Å²) in [4.78, 5) is 16.0. The fraction of sp³-hybridized carbons (Fsp3) is 0.333. The molecular formula is C15H16ClNO3. The second kappa shape index (κ2) is 5.67. The summed E-state index contributed by atoms with van der Waals surface area (Å²) >= 11 is 6.08. The van der Waals surface area contributed by atoms with Crippen LogP contribution >= 0.6 is 11.6 Å². The maximum Gasteiger partial charge on any atom is 0.349 e. The first-order valence-corrected chi connectivity index (χ1v) is 6.72. The molecule has 5 heteroatoms. The predicted octanol–water partition coefficient (Wildman–Crippen LogP) is 3.61. The molecule has 0 spiro atoms. The molecular weight excluding hydrogens is 278 g/mol. The highest BCUT2D eigenvalue weighted by molar-refractivity contribution is 6.35. The highest BCUT2D eigenvalue weighted by Gasteiger charge is 2.31. The molecule has 0 saturated carbocycles. The summed E-state index contributed by atoms with van der Waals surface area (Å²) in [6, 6.07) is 7.06. The van der Waals surface area contributed by atoms with Crippen molar-refractivity contribution >= 4 is 28.5 Å². The average molecular weight is 294 g/mol. The molecule has 0 aliphatic heterocycles. The number of hydrogen-bond donors (Lipinski definition) is 0. The van der Waals surface area contributed by atoms with Gasteiger partial charge in [-0.1, -0.05) is 11.6 Å². The maximum absolute atomic E-state index is 11.8. The standard InChI is InChI=1S/C15H16ClNO3/c1-4-19-14(18)15(2,3)20-10-5-6-11-12(16)7-8-17-13(11)9-10/h5-9H,4H2,1-3H3. The Bertz CT molecular complexity index is 640. The first kappa shape index (κ1) is 14.6. The van der Waals surface area contributed by atoms with Gasteiger partial charge in [-0.05, 0) is 39.0 Å². The minimum Gasteiger partial charge on any atom is -0.476 e. The van der Waals surface area contributed by atoms with Crippen molar-refractivity contribution < 1.29 is 14.3 Å². The van der Waals surface area contributed by atoms with Gasteiger partial charge in [0, 0.05) is 17.6 Å². The normalized spacial score (nSPS) is 11.4. The van der Waals surface area contributed by atoms with Gasteiger partial charge in [-0.25, -0.2) is 4.79 Å². The number of pyridine rings is 1. The molecule has 0 unspecified atom stereocenters. The zero-order chi connectivity index (χ0) is 14.8. The van der Waals surface area contributed by atoms with Gasteiger partial charge in [0.05, 0.1) is 17.1 Å². The molecule has 1 aromatic heterocycles. The number of ether oxygens (including phenoxy) is 2. The highest BCUT2D eigenvalue weighted by Crippen LogP contribution is 2.27. The van der Waals surface area contributed by atoms with Crippen molar-refractivity contribution in [2.75, 3.05) is 6.61 Å². The number of carbonyl (C=O) groups is 1. The van der Waals surface area contributed by atoms with Crippen LogP contribution < -0.4 is 4.74 Å². The van der Waals surface area contributed by atoms with Crippen molar-refractivity contribution in [1.29, 1.82) is 0 Å². The van der Waals surface area contributed by atoms with Crippen LogP contribution in [0.5, 0.6) is 5.75 Å². The number of hydrogen-bond acceptors (Lipinski definition) is 4. The molecule has 0 amide bonds. The Hall–Kier alpha value is -1.81. The van der Waals surface area contributed by atoms with Crippen LogP contribution in [0.15, 0.2) is 30.5 Å². The Kier molecular flexibility index (Phi) is 4.14. The van der Waals surface area contributed by atoms with Crippen LogP contribution in [0.2, 0.25) is 5.02 Å². The molecule has 0 aliphatic carbocycles. The number of esters is 1. The second-order valence-electron chi connectivity index (χ2n) is 4.80. The fourth-order valence-corrected chi connectivity index (χ4v) is 2.01. The van der Waals surface area contributed by atoms with Gasteiger partial charge in [0.25, 0.3) is 0 Å². The first-order valence-electron chi connectivity index (χ1n) is 6.34. The number of fused-ring (bicyclic) bond motifs is 1. The third-order valence-electron chi connectivity index (χ3n) is 2.80. The van der Waals surface area contributed by atoms with Crippen LogP contribution in [0, 0.1) is 0 Å². The van der Waals surface area contributed by atoms with E-state index in [1.165, 1.54) is 0 Å². The number of halogens is 1. The summed E-state index contributed by atoms with van der Waals surface area (Å²) in [6.07, 6.45) is 1.63. The smallest absolute Gasteiger partial charge is 0.349 e. The van der Waals surface area contributed by atoms with Gasteiger partial charge in [0.15, 0.2) is 5.60 Å². The molecule has 20 heavy (non-hydrogen) atoms. The Balaban J connectivity index is 2.28. The molecule has 0 aliphatic rings. The van der Waals surface area contributed by atoms with Crippen molar-refractivity contribution in [3.63, 3.8) is 0 Å². The Morgan fingerprint density at radius 2 is 2.10 bits per heavy atom. The Morgan fingerprint density at radius 3 is 2.80 bits per heavy atom. The van der Waals surface area contributed by atoms with Crippen LogP contribution in [0.1, 0.15) is 20.8 Å². The summed E-state index contributed by atoms with van der Waals surface area (Å²) in [6.45, 7) is 5.41. The summed E-state index contributed by atoms with van der Waals surface area (Å²) in [5.74, 6) is 0.143. The molecule has 0 saturated heterocycles. The SMILES string of the molecule is CCOC(=O)C(C)(C)Oc1ccc2c(Cl)ccnc2c1. The number of nitrogens with zero attached hydrogens (tertiary/aromatic N) is 1. The lowest BCUT2D eigenvalue weighted by Gasteiger charge is -2.24. The molecule has 2 rings (SSSR count). The van der Waals surface area contributed by atoms with E-state index in [0.29, 0.717) is 17.4 Å².